The van der Waals surface area contributed by atoms with E-state index in [-0.39, 0.29) is 6.10 Å². The van der Waals surface area contributed by atoms with Crippen LogP contribution in [0, 0.1) is 13.8 Å². The molecule has 152 valence electrons. The number of aromatic nitrogens is 2. The van der Waals surface area contributed by atoms with E-state index in [0.29, 0.717) is 19.8 Å². The van der Waals surface area contributed by atoms with Crippen LogP contribution in [0.3, 0.4) is 0 Å². The summed E-state index contributed by atoms with van der Waals surface area (Å²) in [6.07, 6.45) is 7.08. The summed E-state index contributed by atoms with van der Waals surface area (Å²) in [5.74, 6) is 0.187. The summed E-state index contributed by atoms with van der Waals surface area (Å²) in [7, 11) is 0. The van der Waals surface area contributed by atoms with Crippen molar-refractivity contribution in [2.45, 2.75) is 45.1 Å². The molecule has 3 aromatic rings. The first-order chi connectivity index (χ1) is 14.1. The summed E-state index contributed by atoms with van der Waals surface area (Å²) in [5, 5.41) is 0. The second kappa shape index (κ2) is 8.80. The largest absolute Gasteiger partial charge is 0.491 e. The van der Waals surface area contributed by atoms with Crippen molar-refractivity contribution in [3.8, 4) is 5.75 Å². The van der Waals surface area contributed by atoms with Crippen molar-refractivity contribution in [3.05, 3.63) is 83.9 Å². The minimum atomic E-state index is -0.674. The second-order valence-corrected chi connectivity index (χ2v) is 7.81. The lowest BCUT2D eigenvalue weighted by molar-refractivity contribution is -0.184. The molecule has 0 bridgehead atoms. The van der Waals surface area contributed by atoms with E-state index in [4.69, 9.17) is 14.2 Å². The lowest BCUT2D eigenvalue weighted by atomic mass is 10.0. The molecule has 5 heteroatoms. The molecular formula is C24H28N2O3. The van der Waals surface area contributed by atoms with Crippen LogP contribution in [0.2, 0.25) is 0 Å². The van der Waals surface area contributed by atoms with Crippen LogP contribution in [0.25, 0.3) is 0 Å². The molecule has 29 heavy (non-hydrogen) atoms. The Labute approximate surface area is 172 Å². The van der Waals surface area contributed by atoms with Crippen molar-refractivity contribution in [1.82, 2.24) is 9.55 Å². The smallest absolute Gasteiger partial charge is 0.187 e. The number of benzene rings is 2. The molecule has 1 aliphatic rings. The third kappa shape index (κ3) is 5.25. The average Bonchev–Trinajstić information content (AvgIpc) is 3.37. The number of aryl methyl sites for hydroxylation is 3. The fourth-order valence-electron chi connectivity index (χ4n) is 3.63. The molecule has 2 atom stereocenters. The Balaban J connectivity index is 1.41. The minimum absolute atomic E-state index is 0.1000. The van der Waals surface area contributed by atoms with Gasteiger partial charge in [0.15, 0.2) is 5.79 Å². The third-order valence-electron chi connectivity index (χ3n) is 5.24. The van der Waals surface area contributed by atoms with E-state index in [9.17, 15) is 0 Å². The maximum absolute atomic E-state index is 6.42. The normalized spacial score (nSPS) is 21.4. The molecule has 5 nitrogen and oxygen atoms in total. The number of imidazole rings is 1. The van der Waals surface area contributed by atoms with E-state index in [0.717, 1.165) is 18.6 Å². The van der Waals surface area contributed by atoms with Gasteiger partial charge in [0, 0.05) is 18.8 Å². The fourth-order valence-corrected chi connectivity index (χ4v) is 3.63. The summed E-state index contributed by atoms with van der Waals surface area (Å²) in [6, 6.07) is 16.7. The van der Waals surface area contributed by atoms with Crippen LogP contribution in [-0.2, 0) is 22.4 Å². The number of hydrogen-bond donors (Lipinski definition) is 0. The Bertz CT molecular complexity index is 908. The third-order valence-corrected chi connectivity index (χ3v) is 5.24. The molecule has 1 aromatic heterocycles. The first kappa shape index (κ1) is 19.7. The predicted octanol–water partition coefficient (Wildman–Crippen LogP) is 4.32. The number of hydrogen-bond acceptors (Lipinski definition) is 4. The van der Waals surface area contributed by atoms with Gasteiger partial charge in [-0.2, -0.15) is 0 Å². The first-order valence-electron chi connectivity index (χ1n) is 10.1. The molecule has 4 rings (SSSR count). The van der Waals surface area contributed by atoms with Gasteiger partial charge in [-0.15, -0.1) is 0 Å². The number of nitrogens with zero attached hydrogens (tertiary/aromatic N) is 2. The molecule has 0 spiro atoms. The van der Waals surface area contributed by atoms with Crippen molar-refractivity contribution in [3.63, 3.8) is 0 Å². The van der Waals surface area contributed by atoms with Crippen LogP contribution in [0.15, 0.2) is 67.3 Å². The highest BCUT2D eigenvalue weighted by molar-refractivity contribution is 5.27. The standard InChI is InChI=1S/C24H28N2O3/c1-19-6-8-21(9-7-19)10-11-24(17-26-13-12-25-18-26)28-16-23(29-24)15-27-22-5-3-4-20(2)14-22/h3-9,12-14,18,23H,10-11,15-17H2,1-2H3. The first-order valence-corrected chi connectivity index (χ1v) is 10.1. The minimum Gasteiger partial charge on any atom is -0.491 e. The highest BCUT2D eigenvalue weighted by Gasteiger charge is 2.42. The summed E-state index contributed by atoms with van der Waals surface area (Å²) in [6.45, 7) is 5.77. The Morgan fingerprint density at radius 2 is 2.00 bits per heavy atom. The molecule has 2 unspecified atom stereocenters. The Morgan fingerprint density at radius 3 is 2.76 bits per heavy atom. The van der Waals surface area contributed by atoms with Crippen molar-refractivity contribution in [2.24, 2.45) is 0 Å². The summed E-state index contributed by atoms with van der Waals surface area (Å²) in [4.78, 5) is 4.15. The summed E-state index contributed by atoms with van der Waals surface area (Å²) >= 11 is 0. The van der Waals surface area contributed by atoms with Gasteiger partial charge in [-0.05, 0) is 43.5 Å². The van der Waals surface area contributed by atoms with Gasteiger partial charge in [0.2, 0.25) is 0 Å². The zero-order chi connectivity index (χ0) is 20.1. The van der Waals surface area contributed by atoms with Crippen LogP contribution in [0.4, 0.5) is 0 Å². The van der Waals surface area contributed by atoms with E-state index in [1.807, 2.05) is 29.0 Å². The topological polar surface area (TPSA) is 45.5 Å². The molecule has 0 radical (unpaired) electrons. The SMILES string of the molecule is Cc1ccc(CCC2(Cn3ccnc3)OCC(COc3cccc(C)c3)O2)cc1. The Hall–Kier alpha value is -2.63. The lowest BCUT2D eigenvalue weighted by Crippen LogP contribution is -2.37. The van der Waals surface area contributed by atoms with Crippen molar-refractivity contribution in [1.29, 1.82) is 0 Å². The van der Waals surface area contributed by atoms with Crippen LogP contribution in [0.5, 0.6) is 5.75 Å². The van der Waals surface area contributed by atoms with Crippen LogP contribution in [0.1, 0.15) is 23.1 Å². The van der Waals surface area contributed by atoms with Gasteiger partial charge in [0.25, 0.3) is 0 Å². The van der Waals surface area contributed by atoms with Crippen LogP contribution < -0.4 is 4.74 Å². The highest BCUT2D eigenvalue weighted by Crippen LogP contribution is 2.31. The molecule has 1 saturated heterocycles. The molecular weight excluding hydrogens is 364 g/mol. The summed E-state index contributed by atoms with van der Waals surface area (Å²) in [5.41, 5.74) is 3.73. The lowest BCUT2D eigenvalue weighted by Gasteiger charge is -2.28. The quantitative estimate of drug-likeness (QED) is 0.573. The molecule has 1 fully saturated rings. The molecule has 2 heterocycles. The van der Waals surface area contributed by atoms with Gasteiger partial charge in [-0.1, -0.05) is 42.0 Å². The summed E-state index contributed by atoms with van der Waals surface area (Å²) < 4.78 is 20.6. The molecule has 0 saturated carbocycles. The van der Waals surface area contributed by atoms with Gasteiger partial charge in [0.05, 0.1) is 19.5 Å². The Morgan fingerprint density at radius 1 is 1.14 bits per heavy atom. The molecule has 1 aliphatic heterocycles. The maximum Gasteiger partial charge on any atom is 0.187 e. The van der Waals surface area contributed by atoms with Crippen molar-refractivity contribution >= 4 is 0 Å². The molecule has 2 aromatic carbocycles. The van der Waals surface area contributed by atoms with E-state index in [1.165, 1.54) is 16.7 Å². The number of rotatable bonds is 8. The average molecular weight is 392 g/mol. The van der Waals surface area contributed by atoms with Crippen molar-refractivity contribution in [2.75, 3.05) is 13.2 Å². The van der Waals surface area contributed by atoms with Gasteiger partial charge < -0.3 is 18.8 Å². The van der Waals surface area contributed by atoms with E-state index in [2.05, 4.69) is 49.2 Å². The zero-order valence-corrected chi connectivity index (χ0v) is 17.1. The fraction of sp³-hybridized carbons (Fsp3) is 0.375. The maximum atomic E-state index is 6.42. The molecule has 0 aliphatic carbocycles. The van der Waals surface area contributed by atoms with E-state index >= 15 is 0 Å². The van der Waals surface area contributed by atoms with Crippen LogP contribution >= 0.6 is 0 Å². The van der Waals surface area contributed by atoms with E-state index in [1.54, 1.807) is 12.5 Å². The predicted molar refractivity (Wildman–Crippen MR) is 112 cm³/mol. The second-order valence-electron chi connectivity index (χ2n) is 7.81. The molecule has 0 amide bonds. The zero-order valence-electron chi connectivity index (χ0n) is 17.1. The number of ether oxygens (including phenoxy) is 3. The van der Waals surface area contributed by atoms with Gasteiger partial charge in [-0.25, -0.2) is 4.98 Å². The Kier molecular flexibility index (Phi) is 5.97. The van der Waals surface area contributed by atoms with Crippen molar-refractivity contribution < 1.29 is 14.2 Å². The van der Waals surface area contributed by atoms with Gasteiger partial charge >= 0.3 is 0 Å². The molecule has 0 N–H and O–H groups in total. The van der Waals surface area contributed by atoms with Gasteiger partial charge in [-0.3, -0.25) is 0 Å². The van der Waals surface area contributed by atoms with Gasteiger partial charge in [0.1, 0.15) is 18.5 Å². The highest BCUT2D eigenvalue weighted by atomic mass is 16.8. The van der Waals surface area contributed by atoms with E-state index < -0.39 is 5.79 Å². The monoisotopic (exact) mass is 392 g/mol. The van der Waals surface area contributed by atoms with Crippen LogP contribution in [-0.4, -0.2) is 34.7 Å².